The second-order valence-corrected chi connectivity index (χ2v) is 7.24. The molecular formula is C17H20N4OS. The SMILES string of the molecule is Cn1cnnc1SCC(=O)N1c2ccccc2[C@H]2CCCC[C@H]21. The van der Waals surface area contributed by atoms with Crippen molar-refractivity contribution in [1.29, 1.82) is 0 Å². The summed E-state index contributed by atoms with van der Waals surface area (Å²) in [6, 6.07) is 8.76. The Morgan fingerprint density at radius 2 is 2.13 bits per heavy atom. The van der Waals surface area contributed by atoms with Crippen LogP contribution in [-0.4, -0.2) is 32.5 Å². The molecule has 0 N–H and O–H groups in total. The topological polar surface area (TPSA) is 51.0 Å². The van der Waals surface area contributed by atoms with Gasteiger partial charge in [-0.2, -0.15) is 0 Å². The van der Waals surface area contributed by atoms with Crippen molar-refractivity contribution in [3.05, 3.63) is 36.2 Å². The molecular weight excluding hydrogens is 308 g/mol. The zero-order valence-electron chi connectivity index (χ0n) is 13.2. The van der Waals surface area contributed by atoms with Crippen molar-refractivity contribution >= 4 is 23.4 Å². The Morgan fingerprint density at radius 3 is 2.96 bits per heavy atom. The largest absolute Gasteiger partial charge is 0.312 e. The average Bonchev–Trinajstić information content (AvgIpc) is 3.14. The molecule has 2 atom stereocenters. The van der Waals surface area contributed by atoms with Crippen LogP contribution >= 0.6 is 11.8 Å². The van der Waals surface area contributed by atoms with Gasteiger partial charge in [0.15, 0.2) is 5.16 Å². The van der Waals surface area contributed by atoms with E-state index in [-0.39, 0.29) is 5.91 Å². The predicted molar refractivity (Wildman–Crippen MR) is 90.7 cm³/mol. The second-order valence-electron chi connectivity index (χ2n) is 6.29. The molecule has 6 heteroatoms. The van der Waals surface area contributed by atoms with Crippen LogP contribution in [0.5, 0.6) is 0 Å². The van der Waals surface area contributed by atoms with E-state index in [1.54, 1.807) is 6.33 Å². The third-order valence-electron chi connectivity index (χ3n) is 4.92. The Morgan fingerprint density at radius 1 is 1.30 bits per heavy atom. The van der Waals surface area contributed by atoms with Crippen molar-refractivity contribution < 1.29 is 4.79 Å². The Labute approximate surface area is 140 Å². The standard InChI is InChI=1S/C17H20N4OS/c1-20-11-18-19-17(20)23-10-16(22)21-14-8-4-2-6-12(14)13-7-3-5-9-15(13)21/h2,4,6,8,11,13,15H,3,5,7,9-10H2,1H3/t13-,15-/m1/s1. The maximum Gasteiger partial charge on any atom is 0.237 e. The van der Waals surface area contributed by atoms with E-state index >= 15 is 0 Å². The maximum atomic E-state index is 12.9. The van der Waals surface area contributed by atoms with Crippen molar-refractivity contribution in [2.45, 2.75) is 42.8 Å². The zero-order valence-corrected chi connectivity index (χ0v) is 14.0. The summed E-state index contributed by atoms with van der Waals surface area (Å²) in [6.07, 6.45) is 6.46. The number of hydrogen-bond donors (Lipinski definition) is 0. The highest BCUT2D eigenvalue weighted by Crippen LogP contribution is 2.47. The fourth-order valence-corrected chi connectivity index (χ4v) is 4.65. The van der Waals surface area contributed by atoms with Crippen LogP contribution in [0.3, 0.4) is 0 Å². The molecule has 1 saturated carbocycles. The number of thioether (sulfide) groups is 1. The van der Waals surface area contributed by atoms with Crippen LogP contribution in [0.4, 0.5) is 5.69 Å². The molecule has 0 saturated heterocycles. The molecule has 1 aromatic heterocycles. The van der Waals surface area contributed by atoms with Crippen molar-refractivity contribution in [3.8, 4) is 0 Å². The molecule has 2 heterocycles. The van der Waals surface area contributed by atoms with Crippen LogP contribution < -0.4 is 4.90 Å². The molecule has 23 heavy (non-hydrogen) atoms. The number of rotatable bonds is 3. The summed E-state index contributed by atoms with van der Waals surface area (Å²) >= 11 is 1.46. The molecule has 2 aromatic rings. The van der Waals surface area contributed by atoms with Gasteiger partial charge in [0.1, 0.15) is 6.33 Å². The molecule has 120 valence electrons. The normalized spacial score (nSPS) is 22.7. The summed E-state index contributed by atoms with van der Waals surface area (Å²) < 4.78 is 1.85. The van der Waals surface area contributed by atoms with Crippen molar-refractivity contribution in [2.24, 2.45) is 7.05 Å². The van der Waals surface area contributed by atoms with Crippen molar-refractivity contribution in [3.63, 3.8) is 0 Å². The molecule has 2 aliphatic rings. The maximum absolute atomic E-state index is 12.9. The summed E-state index contributed by atoms with van der Waals surface area (Å²) in [5, 5.41) is 8.69. The minimum atomic E-state index is 0.180. The second kappa shape index (κ2) is 6.00. The summed E-state index contributed by atoms with van der Waals surface area (Å²) in [7, 11) is 1.90. The van der Waals surface area contributed by atoms with E-state index < -0.39 is 0 Å². The first-order valence-electron chi connectivity index (χ1n) is 8.13. The summed E-state index contributed by atoms with van der Waals surface area (Å²) in [6.45, 7) is 0. The number of anilines is 1. The van der Waals surface area contributed by atoms with E-state index in [9.17, 15) is 4.79 Å². The smallest absolute Gasteiger partial charge is 0.237 e. The molecule has 1 amide bonds. The molecule has 5 nitrogen and oxygen atoms in total. The fourth-order valence-electron chi connectivity index (χ4n) is 3.90. The number of hydrogen-bond acceptors (Lipinski definition) is 4. The zero-order chi connectivity index (χ0) is 15.8. The quantitative estimate of drug-likeness (QED) is 0.813. The average molecular weight is 328 g/mol. The fraction of sp³-hybridized carbons (Fsp3) is 0.471. The van der Waals surface area contributed by atoms with Crippen LogP contribution in [-0.2, 0) is 11.8 Å². The number of para-hydroxylation sites is 1. The minimum Gasteiger partial charge on any atom is -0.312 e. The molecule has 0 spiro atoms. The van der Waals surface area contributed by atoms with E-state index in [2.05, 4.69) is 33.3 Å². The highest BCUT2D eigenvalue weighted by atomic mass is 32.2. The van der Waals surface area contributed by atoms with Gasteiger partial charge in [-0.05, 0) is 24.5 Å². The summed E-state index contributed by atoms with van der Waals surface area (Å²) in [5.41, 5.74) is 2.47. The lowest BCUT2D eigenvalue weighted by Crippen LogP contribution is -2.41. The summed E-state index contributed by atoms with van der Waals surface area (Å²) in [5.74, 6) is 1.10. The molecule has 0 radical (unpaired) electrons. The molecule has 0 bridgehead atoms. The number of nitrogens with zero attached hydrogens (tertiary/aromatic N) is 4. The van der Waals surface area contributed by atoms with Crippen molar-refractivity contribution in [2.75, 3.05) is 10.7 Å². The van der Waals surface area contributed by atoms with Gasteiger partial charge in [0.05, 0.1) is 5.75 Å². The van der Waals surface area contributed by atoms with E-state index in [1.807, 2.05) is 17.7 Å². The lowest BCUT2D eigenvalue weighted by atomic mass is 9.82. The first-order chi connectivity index (χ1) is 11.3. The van der Waals surface area contributed by atoms with Crippen molar-refractivity contribution in [1.82, 2.24) is 14.8 Å². The molecule has 1 fully saturated rings. The van der Waals surface area contributed by atoms with E-state index in [0.717, 1.165) is 17.3 Å². The highest BCUT2D eigenvalue weighted by Gasteiger charge is 2.42. The highest BCUT2D eigenvalue weighted by molar-refractivity contribution is 7.99. The van der Waals surface area contributed by atoms with Gasteiger partial charge in [-0.3, -0.25) is 4.79 Å². The molecule has 1 aliphatic carbocycles. The van der Waals surface area contributed by atoms with E-state index in [0.29, 0.717) is 17.7 Å². The molecule has 1 aliphatic heterocycles. The number of amides is 1. The van der Waals surface area contributed by atoms with Gasteiger partial charge in [-0.15, -0.1) is 10.2 Å². The van der Waals surface area contributed by atoms with E-state index in [4.69, 9.17) is 0 Å². The van der Waals surface area contributed by atoms with Crippen LogP contribution in [0.25, 0.3) is 0 Å². The van der Waals surface area contributed by atoms with Gasteiger partial charge in [0.25, 0.3) is 0 Å². The Hall–Kier alpha value is -1.82. The lowest BCUT2D eigenvalue weighted by Gasteiger charge is -2.32. The van der Waals surface area contributed by atoms with Gasteiger partial charge in [0, 0.05) is 24.7 Å². The molecule has 1 aromatic carbocycles. The first kappa shape index (κ1) is 14.8. The summed E-state index contributed by atoms with van der Waals surface area (Å²) in [4.78, 5) is 15.0. The van der Waals surface area contributed by atoms with Crippen LogP contribution in [0.15, 0.2) is 35.7 Å². The Kier molecular flexibility index (Phi) is 3.85. The monoisotopic (exact) mass is 328 g/mol. The number of benzene rings is 1. The van der Waals surface area contributed by atoms with Gasteiger partial charge in [0.2, 0.25) is 5.91 Å². The third kappa shape index (κ3) is 2.55. The van der Waals surface area contributed by atoms with Crippen LogP contribution in [0.2, 0.25) is 0 Å². The Balaban J connectivity index is 1.57. The number of aromatic nitrogens is 3. The van der Waals surface area contributed by atoms with Gasteiger partial charge in [-0.25, -0.2) is 0 Å². The van der Waals surface area contributed by atoms with Gasteiger partial charge < -0.3 is 9.47 Å². The third-order valence-corrected chi connectivity index (χ3v) is 5.94. The van der Waals surface area contributed by atoms with Gasteiger partial charge in [-0.1, -0.05) is 42.8 Å². The van der Waals surface area contributed by atoms with Gasteiger partial charge >= 0.3 is 0 Å². The number of carbonyl (C=O) groups excluding carboxylic acids is 1. The number of aryl methyl sites for hydroxylation is 1. The number of carbonyl (C=O) groups is 1. The number of fused-ring (bicyclic) bond motifs is 3. The van der Waals surface area contributed by atoms with E-state index in [1.165, 1.54) is 36.6 Å². The lowest BCUT2D eigenvalue weighted by molar-refractivity contribution is -0.116. The molecule has 4 rings (SSSR count). The van der Waals surface area contributed by atoms with Crippen LogP contribution in [0, 0.1) is 0 Å². The Bertz CT molecular complexity index is 729. The first-order valence-corrected chi connectivity index (χ1v) is 9.12. The molecule has 0 unspecified atom stereocenters. The minimum absolute atomic E-state index is 0.180. The van der Waals surface area contributed by atoms with Crippen LogP contribution in [0.1, 0.15) is 37.2 Å². The predicted octanol–water partition coefficient (Wildman–Crippen LogP) is 2.98.